The number of hydrogen-bond acceptors (Lipinski definition) is 4. The lowest BCUT2D eigenvalue weighted by Crippen LogP contribution is -2.50. The molecule has 1 aliphatic rings. The second-order valence-electron chi connectivity index (χ2n) is 5.14. The van der Waals surface area contributed by atoms with E-state index in [4.69, 9.17) is 16.3 Å². The number of rotatable bonds is 5. The zero-order valence-electron chi connectivity index (χ0n) is 12.6. The van der Waals surface area contributed by atoms with Crippen LogP contribution in [0.1, 0.15) is 5.56 Å². The van der Waals surface area contributed by atoms with E-state index < -0.39 is 0 Å². The van der Waals surface area contributed by atoms with Gasteiger partial charge in [-0.15, -0.1) is 0 Å². The summed E-state index contributed by atoms with van der Waals surface area (Å²) in [6.45, 7) is 4.46. The van der Waals surface area contributed by atoms with Crippen LogP contribution in [0, 0.1) is 0 Å². The molecule has 21 heavy (non-hydrogen) atoms. The summed E-state index contributed by atoms with van der Waals surface area (Å²) in [5.74, 6) is 1.02. The van der Waals surface area contributed by atoms with Gasteiger partial charge in [-0.05, 0) is 25.2 Å². The normalized spacial score (nSPS) is 16.0. The van der Waals surface area contributed by atoms with Crippen LogP contribution in [-0.4, -0.2) is 62.6 Å². The Hall–Kier alpha value is -1.30. The number of carbonyl (C=O) groups is 1. The number of ether oxygens (including phenoxy) is 1. The molecule has 1 saturated heterocycles. The monoisotopic (exact) mass is 311 g/mol. The molecule has 0 unspecified atom stereocenters. The number of likely N-dealkylation sites (N-methyl/N-ethyl adjacent to an activating group) is 1. The number of methoxy groups -OCH3 is 1. The molecule has 6 heteroatoms. The van der Waals surface area contributed by atoms with Crippen LogP contribution in [0.4, 0.5) is 0 Å². The lowest BCUT2D eigenvalue weighted by atomic mass is 10.1. The van der Waals surface area contributed by atoms with Crippen molar-refractivity contribution in [3.63, 3.8) is 0 Å². The fourth-order valence-corrected chi connectivity index (χ4v) is 2.72. The number of carbonyl (C=O) groups excluding carboxylic acids is 1. The maximum absolute atomic E-state index is 11.8. The van der Waals surface area contributed by atoms with Crippen molar-refractivity contribution < 1.29 is 9.53 Å². The minimum atomic E-state index is 0.164. The van der Waals surface area contributed by atoms with E-state index in [-0.39, 0.29) is 5.91 Å². The van der Waals surface area contributed by atoms with Crippen molar-refractivity contribution in [1.29, 1.82) is 0 Å². The van der Waals surface area contributed by atoms with Gasteiger partial charge in [-0.3, -0.25) is 9.69 Å². The highest BCUT2D eigenvalue weighted by molar-refractivity contribution is 6.30. The van der Waals surface area contributed by atoms with Crippen molar-refractivity contribution >= 4 is 17.5 Å². The number of halogens is 1. The fourth-order valence-electron chi connectivity index (χ4n) is 2.53. The minimum Gasteiger partial charge on any atom is -0.496 e. The van der Waals surface area contributed by atoms with Crippen LogP contribution in [-0.2, 0) is 11.3 Å². The molecule has 0 atom stereocenters. The van der Waals surface area contributed by atoms with Gasteiger partial charge < -0.3 is 15.0 Å². The number of hydrogen-bond donors (Lipinski definition) is 1. The van der Waals surface area contributed by atoms with Crippen LogP contribution in [0.2, 0.25) is 5.02 Å². The number of nitrogens with zero attached hydrogens (tertiary/aromatic N) is 2. The lowest BCUT2D eigenvalue weighted by Gasteiger charge is -2.35. The molecule has 1 N–H and O–H groups in total. The molecule has 1 aliphatic heterocycles. The maximum atomic E-state index is 11.8. The molecule has 0 spiro atoms. The van der Waals surface area contributed by atoms with Crippen LogP contribution < -0.4 is 10.1 Å². The first-order valence-electron chi connectivity index (χ1n) is 7.11. The minimum absolute atomic E-state index is 0.164. The Balaban J connectivity index is 1.92. The first-order chi connectivity index (χ1) is 10.1. The fraction of sp³-hybridized carbons (Fsp3) is 0.533. The largest absolute Gasteiger partial charge is 0.496 e. The van der Waals surface area contributed by atoms with Gasteiger partial charge in [0.1, 0.15) is 5.75 Å². The van der Waals surface area contributed by atoms with Crippen LogP contribution in [0.3, 0.4) is 0 Å². The van der Waals surface area contributed by atoms with Crippen LogP contribution >= 0.6 is 11.6 Å². The number of benzene rings is 1. The topological polar surface area (TPSA) is 44.8 Å². The molecule has 0 bridgehead atoms. The average molecular weight is 312 g/mol. The molecule has 116 valence electrons. The standard InChI is InChI=1S/C15H22ClN3O2/c1-17-10-15(20)19-7-5-18(6-8-19)11-12-9-13(16)3-4-14(12)21-2/h3-4,9,17H,5-8,10-11H2,1-2H3. The van der Waals surface area contributed by atoms with E-state index in [1.54, 1.807) is 14.2 Å². The van der Waals surface area contributed by atoms with E-state index in [1.807, 2.05) is 23.1 Å². The van der Waals surface area contributed by atoms with Gasteiger partial charge in [0.2, 0.25) is 5.91 Å². The number of piperazine rings is 1. The predicted octanol–water partition coefficient (Wildman–Crippen LogP) is 1.21. The Bertz CT molecular complexity index is 488. The van der Waals surface area contributed by atoms with E-state index in [2.05, 4.69) is 10.2 Å². The second kappa shape index (κ2) is 7.64. The van der Waals surface area contributed by atoms with Gasteiger partial charge in [-0.2, -0.15) is 0 Å². The number of nitrogens with one attached hydrogen (secondary N) is 1. The molecule has 5 nitrogen and oxygen atoms in total. The third kappa shape index (κ3) is 4.33. The van der Waals surface area contributed by atoms with Crippen molar-refractivity contribution in [3.05, 3.63) is 28.8 Å². The lowest BCUT2D eigenvalue weighted by molar-refractivity contribution is -0.131. The van der Waals surface area contributed by atoms with Crippen molar-refractivity contribution in [2.75, 3.05) is 46.9 Å². The Morgan fingerprint density at radius 3 is 2.67 bits per heavy atom. The Kier molecular flexibility index (Phi) is 5.85. The molecule has 0 radical (unpaired) electrons. The van der Waals surface area contributed by atoms with Gasteiger partial charge in [-0.25, -0.2) is 0 Å². The van der Waals surface area contributed by atoms with E-state index in [1.165, 1.54) is 0 Å². The molecule has 2 rings (SSSR count). The third-order valence-electron chi connectivity index (χ3n) is 3.69. The van der Waals surface area contributed by atoms with E-state index in [0.717, 1.165) is 44.0 Å². The highest BCUT2D eigenvalue weighted by Crippen LogP contribution is 2.24. The third-order valence-corrected chi connectivity index (χ3v) is 3.92. The zero-order chi connectivity index (χ0) is 15.2. The molecule has 0 saturated carbocycles. The maximum Gasteiger partial charge on any atom is 0.236 e. The predicted molar refractivity (Wildman–Crippen MR) is 83.8 cm³/mol. The van der Waals surface area contributed by atoms with Crippen LogP contribution in [0.5, 0.6) is 5.75 Å². The molecule has 1 fully saturated rings. The smallest absolute Gasteiger partial charge is 0.236 e. The van der Waals surface area contributed by atoms with Crippen molar-refractivity contribution in [2.24, 2.45) is 0 Å². The van der Waals surface area contributed by atoms with E-state index >= 15 is 0 Å². The number of amides is 1. The summed E-state index contributed by atoms with van der Waals surface area (Å²) in [6.07, 6.45) is 0. The van der Waals surface area contributed by atoms with Crippen molar-refractivity contribution in [2.45, 2.75) is 6.54 Å². The Labute approximate surface area is 130 Å². The van der Waals surface area contributed by atoms with Gasteiger partial charge in [0.05, 0.1) is 13.7 Å². The SMILES string of the molecule is CNCC(=O)N1CCN(Cc2cc(Cl)ccc2OC)CC1. The molecule has 1 amide bonds. The summed E-state index contributed by atoms with van der Waals surface area (Å²) in [4.78, 5) is 16.0. The summed E-state index contributed by atoms with van der Waals surface area (Å²) < 4.78 is 5.38. The first-order valence-corrected chi connectivity index (χ1v) is 7.49. The molecular formula is C15H22ClN3O2. The van der Waals surface area contributed by atoms with Crippen LogP contribution in [0.25, 0.3) is 0 Å². The molecule has 0 aliphatic carbocycles. The highest BCUT2D eigenvalue weighted by atomic mass is 35.5. The molecular weight excluding hydrogens is 290 g/mol. The van der Waals surface area contributed by atoms with Crippen molar-refractivity contribution in [1.82, 2.24) is 15.1 Å². The second-order valence-corrected chi connectivity index (χ2v) is 5.58. The zero-order valence-corrected chi connectivity index (χ0v) is 13.3. The van der Waals surface area contributed by atoms with Gasteiger partial charge in [0.25, 0.3) is 0 Å². The van der Waals surface area contributed by atoms with E-state index in [0.29, 0.717) is 11.6 Å². The molecule has 0 aromatic heterocycles. The van der Waals surface area contributed by atoms with Gasteiger partial charge >= 0.3 is 0 Å². The molecule has 1 aromatic rings. The van der Waals surface area contributed by atoms with Gasteiger partial charge in [0.15, 0.2) is 0 Å². The summed E-state index contributed by atoms with van der Waals surface area (Å²) in [6, 6.07) is 5.67. The van der Waals surface area contributed by atoms with Crippen LogP contribution in [0.15, 0.2) is 18.2 Å². The summed E-state index contributed by atoms with van der Waals surface area (Å²) in [5.41, 5.74) is 1.08. The molecule has 1 aromatic carbocycles. The van der Waals surface area contributed by atoms with E-state index in [9.17, 15) is 4.79 Å². The Morgan fingerprint density at radius 1 is 1.33 bits per heavy atom. The quantitative estimate of drug-likeness (QED) is 0.888. The average Bonchev–Trinajstić information content (AvgIpc) is 2.48. The summed E-state index contributed by atoms with van der Waals surface area (Å²) >= 11 is 6.06. The highest BCUT2D eigenvalue weighted by Gasteiger charge is 2.21. The first kappa shape index (κ1) is 16.1. The molecule has 1 heterocycles. The van der Waals surface area contributed by atoms with Crippen molar-refractivity contribution in [3.8, 4) is 5.75 Å². The van der Waals surface area contributed by atoms with Gasteiger partial charge in [0, 0.05) is 43.3 Å². The van der Waals surface area contributed by atoms with Gasteiger partial charge in [-0.1, -0.05) is 11.6 Å². The summed E-state index contributed by atoms with van der Waals surface area (Å²) in [7, 11) is 3.46. The Morgan fingerprint density at radius 2 is 2.05 bits per heavy atom. The summed E-state index contributed by atoms with van der Waals surface area (Å²) in [5, 5.41) is 3.62.